The minimum absolute atomic E-state index is 0.117. The number of amides is 2. The standard InChI is InChI=1S/C32H32N2O4/c1-23-13-16-28(19-24(23)2)33-31(35)30(34-32(36)38-22-27-11-7-4-8-12-27)20-25-14-17-29(18-15-25)37-21-26-9-5-3-6-10-26/h3-19,30H,20-22H2,1-2H3,(H,33,35)(H,34,36)/t30-/m1/s1. The van der Waals surface area contributed by atoms with Gasteiger partial charge in [0.15, 0.2) is 0 Å². The fourth-order valence-corrected chi connectivity index (χ4v) is 3.86. The van der Waals surface area contributed by atoms with Gasteiger partial charge in [0.25, 0.3) is 0 Å². The second kappa shape index (κ2) is 13.1. The zero-order valence-electron chi connectivity index (χ0n) is 21.6. The van der Waals surface area contributed by atoms with E-state index in [1.165, 1.54) is 0 Å². The highest BCUT2D eigenvalue weighted by atomic mass is 16.5. The molecular formula is C32H32N2O4. The zero-order chi connectivity index (χ0) is 26.7. The van der Waals surface area contributed by atoms with Crippen LogP contribution in [0.5, 0.6) is 5.75 Å². The van der Waals surface area contributed by atoms with Gasteiger partial charge in [-0.25, -0.2) is 4.79 Å². The highest BCUT2D eigenvalue weighted by Gasteiger charge is 2.22. The molecule has 0 saturated heterocycles. The van der Waals surface area contributed by atoms with Gasteiger partial charge >= 0.3 is 6.09 Å². The molecule has 0 fully saturated rings. The summed E-state index contributed by atoms with van der Waals surface area (Å²) in [5.74, 6) is 0.401. The first kappa shape index (κ1) is 26.5. The van der Waals surface area contributed by atoms with Gasteiger partial charge in [0.1, 0.15) is 25.0 Å². The molecule has 4 aromatic carbocycles. The monoisotopic (exact) mass is 508 g/mol. The molecule has 0 spiro atoms. The van der Waals surface area contributed by atoms with E-state index in [1.807, 2.05) is 117 Å². The molecule has 194 valence electrons. The van der Waals surface area contributed by atoms with Crippen LogP contribution >= 0.6 is 0 Å². The van der Waals surface area contributed by atoms with Crippen LogP contribution in [0.3, 0.4) is 0 Å². The van der Waals surface area contributed by atoms with Gasteiger partial charge in [0.2, 0.25) is 5.91 Å². The van der Waals surface area contributed by atoms with Gasteiger partial charge in [0, 0.05) is 12.1 Å². The Hall–Kier alpha value is -4.58. The number of nitrogens with one attached hydrogen (secondary N) is 2. The molecular weight excluding hydrogens is 476 g/mol. The number of benzene rings is 4. The Morgan fingerprint density at radius 2 is 1.34 bits per heavy atom. The average Bonchev–Trinajstić information content (AvgIpc) is 2.94. The van der Waals surface area contributed by atoms with Crippen molar-refractivity contribution in [1.82, 2.24) is 5.32 Å². The van der Waals surface area contributed by atoms with Gasteiger partial charge in [-0.1, -0.05) is 78.9 Å². The first-order valence-corrected chi connectivity index (χ1v) is 12.6. The molecule has 4 rings (SSSR count). The average molecular weight is 509 g/mol. The summed E-state index contributed by atoms with van der Waals surface area (Å²) in [5.41, 5.74) is 5.70. The van der Waals surface area contributed by atoms with Crippen molar-refractivity contribution in [1.29, 1.82) is 0 Å². The number of carbonyl (C=O) groups excluding carboxylic acids is 2. The molecule has 1 atom stereocenters. The lowest BCUT2D eigenvalue weighted by Crippen LogP contribution is -2.45. The topological polar surface area (TPSA) is 76.7 Å². The molecule has 4 aromatic rings. The Kier molecular flexibility index (Phi) is 9.13. The molecule has 2 N–H and O–H groups in total. The van der Waals surface area contributed by atoms with Crippen LogP contribution in [0.4, 0.5) is 10.5 Å². The summed E-state index contributed by atoms with van der Waals surface area (Å²) in [5, 5.41) is 5.66. The number of rotatable bonds is 10. The lowest BCUT2D eigenvalue weighted by Gasteiger charge is -2.19. The first-order chi connectivity index (χ1) is 18.5. The summed E-state index contributed by atoms with van der Waals surface area (Å²) in [6.45, 7) is 4.59. The molecule has 0 heterocycles. The molecule has 0 aliphatic rings. The molecule has 0 aliphatic heterocycles. The van der Waals surface area contributed by atoms with Crippen molar-refractivity contribution in [2.75, 3.05) is 5.32 Å². The van der Waals surface area contributed by atoms with Gasteiger partial charge in [-0.3, -0.25) is 4.79 Å². The summed E-state index contributed by atoms with van der Waals surface area (Å²) < 4.78 is 11.2. The largest absolute Gasteiger partial charge is 0.489 e. The van der Waals surface area contributed by atoms with E-state index in [1.54, 1.807) is 0 Å². The summed E-state index contributed by atoms with van der Waals surface area (Å²) in [6, 6.07) is 31.7. The number of hydrogen-bond donors (Lipinski definition) is 2. The van der Waals surface area contributed by atoms with Gasteiger partial charge < -0.3 is 20.1 Å². The van der Waals surface area contributed by atoms with Crippen molar-refractivity contribution >= 4 is 17.7 Å². The van der Waals surface area contributed by atoms with Crippen molar-refractivity contribution in [3.63, 3.8) is 0 Å². The van der Waals surface area contributed by atoms with Gasteiger partial charge in [-0.2, -0.15) is 0 Å². The predicted octanol–water partition coefficient (Wildman–Crippen LogP) is 6.36. The van der Waals surface area contributed by atoms with Crippen LogP contribution < -0.4 is 15.4 Å². The summed E-state index contributed by atoms with van der Waals surface area (Å²) in [7, 11) is 0. The van der Waals surface area contributed by atoms with Crippen LogP contribution in [0.25, 0.3) is 0 Å². The van der Waals surface area contributed by atoms with Crippen LogP contribution in [0.2, 0.25) is 0 Å². The van der Waals surface area contributed by atoms with Crippen LogP contribution in [0.15, 0.2) is 103 Å². The Balaban J connectivity index is 1.41. The SMILES string of the molecule is Cc1ccc(NC(=O)[C@@H](Cc2ccc(OCc3ccccc3)cc2)NC(=O)OCc2ccccc2)cc1C. The Bertz CT molecular complexity index is 1340. The number of carbonyl (C=O) groups is 2. The smallest absolute Gasteiger partial charge is 0.408 e. The third-order valence-electron chi connectivity index (χ3n) is 6.21. The molecule has 0 bridgehead atoms. The van der Waals surface area contributed by atoms with Gasteiger partial charge in [-0.15, -0.1) is 0 Å². The van der Waals surface area contributed by atoms with E-state index in [9.17, 15) is 9.59 Å². The highest BCUT2D eigenvalue weighted by molar-refractivity contribution is 5.96. The molecule has 0 aromatic heterocycles. The van der Waals surface area contributed by atoms with Crippen LogP contribution in [0.1, 0.15) is 27.8 Å². The second-order valence-corrected chi connectivity index (χ2v) is 9.17. The lowest BCUT2D eigenvalue weighted by atomic mass is 10.0. The third-order valence-corrected chi connectivity index (χ3v) is 6.21. The molecule has 2 amide bonds. The second-order valence-electron chi connectivity index (χ2n) is 9.17. The van der Waals surface area contributed by atoms with Crippen molar-refractivity contribution in [3.05, 3.63) is 131 Å². The van der Waals surface area contributed by atoms with Crippen LogP contribution in [0, 0.1) is 13.8 Å². The molecule has 6 nitrogen and oxygen atoms in total. The minimum Gasteiger partial charge on any atom is -0.489 e. The molecule has 0 aliphatic carbocycles. The normalized spacial score (nSPS) is 11.3. The number of hydrogen-bond acceptors (Lipinski definition) is 4. The van der Waals surface area contributed by atoms with Gasteiger partial charge in [-0.05, 0) is 65.9 Å². The highest BCUT2D eigenvalue weighted by Crippen LogP contribution is 2.18. The number of aryl methyl sites for hydroxylation is 2. The van der Waals surface area contributed by atoms with Crippen molar-refractivity contribution in [2.24, 2.45) is 0 Å². The van der Waals surface area contributed by atoms with E-state index in [0.29, 0.717) is 12.3 Å². The fourth-order valence-electron chi connectivity index (χ4n) is 3.86. The molecule has 6 heteroatoms. The molecule has 0 unspecified atom stereocenters. The van der Waals surface area contributed by atoms with Crippen LogP contribution in [-0.2, 0) is 29.2 Å². The zero-order valence-corrected chi connectivity index (χ0v) is 21.6. The number of alkyl carbamates (subject to hydrolysis) is 1. The van der Waals surface area contributed by atoms with Crippen molar-refractivity contribution < 1.29 is 19.1 Å². The van der Waals surface area contributed by atoms with Crippen molar-refractivity contribution in [3.8, 4) is 5.75 Å². The van der Waals surface area contributed by atoms with E-state index in [4.69, 9.17) is 9.47 Å². The van der Waals surface area contributed by atoms with E-state index in [-0.39, 0.29) is 18.9 Å². The summed E-state index contributed by atoms with van der Waals surface area (Å²) in [4.78, 5) is 25.9. The van der Waals surface area contributed by atoms with E-state index in [2.05, 4.69) is 10.6 Å². The predicted molar refractivity (Wildman–Crippen MR) is 149 cm³/mol. The minimum atomic E-state index is -0.837. The van der Waals surface area contributed by atoms with Crippen LogP contribution in [-0.4, -0.2) is 18.0 Å². The Morgan fingerprint density at radius 3 is 1.97 bits per heavy atom. The van der Waals surface area contributed by atoms with E-state index < -0.39 is 12.1 Å². The maximum Gasteiger partial charge on any atom is 0.408 e. The number of anilines is 1. The first-order valence-electron chi connectivity index (χ1n) is 12.6. The molecule has 38 heavy (non-hydrogen) atoms. The quantitative estimate of drug-likeness (QED) is 0.261. The molecule has 0 radical (unpaired) electrons. The maximum atomic E-state index is 13.2. The summed E-state index contributed by atoms with van der Waals surface area (Å²) >= 11 is 0. The van der Waals surface area contributed by atoms with E-state index in [0.717, 1.165) is 33.6 Å². The summed E-state index contributed by atoms with van der Waals surface area (Å²) in [6.07, 6.45) is -0.368. The molecule has 0 saturated carbocycles. The maximum absolute atomic E-state index is 13.2. The fraction of sp³-hybridized carbons (Fsp3) is 0.188. The third kappa shape index (κ3) is 7.96. The number of ether oxygens (including phenoxy) is 2. The lowest BCUT2D eigenvalue weighted by molar-refractivity contribution is -0.118. The Labute approximate surface area is 223 Å². The Morgan fingerprint density at radius 1 is 0.711 bits per heavy atom. The van der Waals surface area contributed by atoms with E-state index >= 15 is 0 Å². The van der Waals surface area contributed by atoms with Crippen molar-refractivity contribution in [2.45, 2.75) is 39.5 Å². The van der Waals surface area contributed by atoms with Gasteiger partial charge in [0.05, 0.1) is 0 Å².